The predicted octanol–water partition coefficient (Wildman–Crippen LogP) is 1.92. The Morgan fingerprint density at radius 2 is 2.00 bits per heavy atom. The lowest BCUT2D eigenvalue weighted by atomic mass is 9.96. The number of Topliss-reactive ketones (excluding diaryl/α,β-unsaturated/α-hetero) is 1. The molecule has 15 heavy (non-hydrogen) atoms. The Balaban J connectivity index is 2.71. The number of hydrogen-bond acceptors (Lipinski definition) is 2. The van der Waals surface area contributed by atoms with Gasteiger partial charge in [0.2, 0.25) is 0 Å². The summed E-state index contributed by atoms with van der Waals surface area (Å²) in [7, 11) is 0. The van der Waals surface area contributed by atoms with E-state index in [9.17, 15) is 9.18 Å². The van der Waals surface area contributed by atoms with Crippen molar-refractivity contribution in [2.24, 2.45) is 11.7 Å². The van der Waals surface area contributed by atoms with Crippen LogP contribution in [0, 0.1) is 11.7 Å². The molecule has 1 atom stereocenters. The molecule has 1 rings (SSSR count). The summed E-state index contributed by atoms with van der Waals surface area (Å²) in [6, 6.07) is 5.77. The molecule has 0 aliphatic rings. The molecule has 0 saturated heterocycles. The van der Waals surface area contributed by atoms with Crippen LogP contribution >= 0.6 is 0 Å². The molecule has 1 unspecified atom stereocenters. The fourth-order valence-electron chi connectivity index (χ4n) is 1.32. The molecule has 2 N–H and O–H groups in total. The van der Waals surface area contributed by atoms with Gasteiger partial charge in [-0.25, -0.2) is 4.39 Å². The van der Waals surface area contributed by atoms with Crippen molar-refractivity contribution >= 4 is 5.78 Å². The van der Waals surface area contributed by atoms with Gasteiger partial charge in [-0.15, -0.1) is 0 Å². The molecule has 0 radical (unpaired) electrons. The summed E-state index contributed by atoms with van der Waals surface area (Å²) >= 11 is 0. The fraction of sp³-hybridized carbons (Fsp3) is 0.417. The summed E-state index contributed by atoms with van der Waals surface area (Å²) in [5.41, 5.74) is 6.10. The maximum atomic E-state index is 13.2. The lowest BCUT2D eigenvalue weighted by Crippen LogP contribution is -2.36. The number of ketones is 1. The van der Waals surface area contributed by atoms with Crippen LogP contribution in [0.1, 0.15) is 19.4 Å². The molecule has 0 aliphatic carbocycles. The van der Waals surface area contributed by atoms with Crippen molar-refractivity contribution in [2.75, 3.05) is 0 Å². The second kappa shape index (κ2) is 5.03. The maximum Gasteiger partial charge on any atom is 0.154 e. The highest BCUT2D eigenvalue weighted by Gasteiger charge is 2.18. The topological polar surface area (TPSA) is 43.1 Å². The van der Waals surface area contributed by atoms with Crippen molar-refractivity contribution in [3.63, 3.8) is 0 Å². The van der Waals surface area contributed by atoms with Gasteiger partial charge in [0.1, 0.15) is 5.82 Å². The Hall–Kier alpha value is -1.22. The second-order valence-electron chi connectivity index (χ2n) is 4.00. The smallest absolute Gasteiger partial charge is 0.154 e. The van der Waals surface area contributed by atoms with Gasteiger partial charge in [-0.3, -0.25) is 4.79 Å². The van der Waals surface area contributed by atoms with Gasteiger partial charge in [-0.2, -0.15) is 0 Å². The van der Waals surface area contributed by atoms with Crippen LogP contribution in [0.4, 0.5) is 4.39 Å². The van der Waals surface area contributed by atoms with E-state index in [0.29, 0.717) is 5.56 Å². The van der Waals surface area contributed by atoms with Gasteiger partial charge in [0.05, 0.1) is 6.04 Å². The molecule has 0 saturated carbocycles. The number of nitrogens with two attached hydrogens (primary N) is 1. The minimum Gasteiger partial charge on any atom is -0.321 e. The van der Waals surface area contributed by atoms with Gasteiger partial charge in [-0.1, -0.05) is 32.0 Å². The van der Waals surface area contributed by atoms with Crippen molar-refractivity contribution in [1.82, 2.24) is 0 Å². The lowest BCUT2D eigenvalue weighted by molar-refractivity contribution is -0.120. The Morgan fingerprint density at radius 3 is 2.53 bits per heavy atom. The SMILES string of the molecule is CC(C)C(N)C(=O)Cc1ccccc1F. The summed E-state index contributed by atoms with van der Waals surface area (Å²) in [4.78, 5) is 11.6. The highest BCUT2D eigenvalue weighted by molar-refractivity contribution is 5.86. The quantitative estimate of drug-likeness (QED) is 0.823. The largest absolute Gasteiger partial charge is 0.321 e. The van der Waals surface area contributed by atoms with E-state index in [1.54, 1.807) is 18.2 Å². The predicted molar refractivity (Wildman–Crippen MR) is 57.9 cm³/mol. The van der Waals surface area contributed by atoms with Gasteiger partial charge in [0, 0.05) is 6.42 Å². The second-order valence-corrected chi connectivity index (χ2v) is 4.00. The van der Waals surface area contributed by atoms with Crippen molar-refractivity contribution in [1.29, 1.82) is 0 Å². The third-order valence-corrected chi connectivity index (χ3v) is 2.41. The molecule has 0 heterocycles. The van der Waals surface area contributed by atoms with Gasteiger partial charge in [0.25, 0.3) is 0 Å². The number of benzene rings is 1. The van der Waals surface area contributed by atoms with E-state index >= 15 is 0 Å². The van der Waals surface area contributed by atoms with Crippen molar-refractivity contribution in [3.05, 3.63) is 35.6 Å². The van der Waals surface area contributed by atoms with Crippen molar-refractivity contribution < 1.29 is 9.18 Å². The van der Waals surface area contributed by atoms with Crippen molar-refractivity contribution in [3.8, 4) is 0 Å². The van der Waals surface area contributed by atoms with Crippen LogP contribution in [-0.4, -0.2) is 11.8 Å². The zero-order valence-corrected chi connectivity index (χ0v) is 9.03. The summed E-state index contributed by atoms with van der Waals surface area (Å²) < 4.78 is 13.2. The Labute approximate surface area is 89.3 Å². The molecule has 3 heteroatoms. The molecule has 2 nitrogen and oxygen atoms in total. The first kappa shape index (κ1) is 11.9. The summed E-state index contributed by atoms with van der Waals surface area (Å²) in [5.74, 6) is -0.374. The number of halogens is 1. The molecular weight excluding hydrogens is 193 g/mol. The first-order valence-corrected chi connectivity index (χ1v) is 5.04. The van der Waals surface area contributed by atoms with E-state index in [1.165, 1.54) is 6.07 Å². The van der Waals surface area contributed by atoms with Gasteiger partial charge < -0.3 is 5.73 Å². The molecule has 0 aliphatic heterocycles. The first-order valence-electron chi connectivity index (χ1n) is 5.04. The van der Waals surface area contributed by atoms with E-state index in [-0.39, 0.29) is 23.9 Å². The van der Waals surface area contributed by atoms with Crippen LogP contribution in [0.25, 0.3) is 0 Å². The lowest BCUT2D eigenvalue weighted by Gasteiger charge is -2.14. The monoisotopic (exact) mass is 209 g/mol. The van der Waals surface area contributed by atoms with Crippen LogP contribution in [0.15, 0.2) is 24.3 Å². The zero-order valence-electron chi connectivity index (χ0n) is 9.03. The normalized spacial score (nSPS) is 12.9. The molecule has 0 spiro atoms. The summed E-state index contributed by atoms with van der Waals surface area (Å²) in [5, 5.41) is 0. The minimum absolute atomic E-state index is 0.0754. The molecule has 1 aromatic carbocycles. The van der Waals surface area contributed by atoms with Crippen LogP contribution in [0.5, 0.6) is 0 Å². The molecule has 0 bridgehead atoms. The average molecular weight is 209 g/mol. The standard InChI is InChI=1S/C12H16FNO/c1-8(2)12(14)11(15)7-9-5-3-4-6-10(9)13/h3-6,8,12H,7,14H2,1-2H3. The first-order chi connectivity index (χ1) is 7.02. The summed E-state index contributed by atoms with van der Waals surface area (Å²) in [6.45, 7) is 3.76. The van der Waals surface area contributed by atoms with Crippen LogP contribution in [-0.2, 0) is 11.2 Å². The number of carbonyl (C=O) groups is 1. The van der Waals surface area contributed by atoms with Crippen molar-refractivity contribution in [2.45, 2.75) is 26.3 Å². The van der Waals surface area contributed by atoms with E-state index in [4.69, 9.17) is 5.73 Å². The van der Waals surface area contributed by atoms with E-state index in [1.807, 2.05) is 13.8 Å². The van der Waals surface area contributed by atoms with Gasteiger partial charge in [0.15, 0.2) is 5.78 Å². The number of carbonyl (C=O) groups excluding carboxylic acids is 1. The van der Waals surface area contributed by atoms with E-state index in [0.717, 1.165) is 0 Å². The highest BCUT2D eigenvalue weighted by atomic mass is 19.1. The van der Waals surface area contributed by atoms with E-state index in [2.05, 4.69) is 0 Å². The summed E-state index contributed by atoms with van der Waals surface area (Å²) in [6.07, 6.45) is 0.0754. The highest BCUT2D eigenvalue weighted by Crippen LogP contribution is 2.10. The van der Waals surface area contributed by atoms with Gasteiger partial charge >= 0.3 is 0 Å². The fourth-order valence-corrected chi connectivity index (χ4v) is 1.32. The van der Waals surface area contributed by atoms with E-state index < -0.39 is 6.04 Å². The third kappa shape index (κ3) is 3.13. The Morgan fingerprint density at radius 1 is 1.40 bits per heavy atom. The zero-order chi connectivity index (χ0) is 11.4. The van der Waals surface area contributed by atoms with Crippen LogP contribution in [0.3, 0.4) is 0 Å². The molecule has 82 valence electrons. The van der Waals surface area contributed by atoms with Crippen LogP contribution in [0.2, 0.25) is 0 Å². The molecule has 0 amide bonds. The number of rotatable bonds is 4. The minimum atomic E-state index is -0.510. The van der Waals surface area contributed by atoms with Gasteiger partial charge in [-0.05, 0) is 17.5 Å². The number of hydrogen-bond donors (Lipinski definition) is 1. The van der Waals surface area contributed by atoms with Crippen LogP contribution < -0.4 is 5.73 Å². The third-order valence-electron chi connectivity index (χ3n) is 2.41. The average Bonchev–Trinajstić information content (AvgIpc) is 2.20. The molecule has 1 aromatic rings. The Bertz CT molecular complexity index is 349. The maximum absolute atomic E-state index is 13.2. The molecule has 0 aromatic heterocycles. The molecular formula is C12H16FNO. The Kier molecular flexibility index (Phi) is 3.97. The molecule has 0 fully saturated rings.